The first-order chi connectivity index (χ1) is 26.3. The lowest BCUT2D eigenvalue weighted by molar-refractivity contribution is 0.270. The summed E-state index contributed by atoms with van der Waals surface area (Å²) in [7, 11) is 0. The van der Waals surface area contributed by atoms with Crippen molar-refractivity contribution in [3.05, 3.63) is 68.7 Å². The number of hydrogen-bond acceptors (Lipinski definition) is 10. The fourth-order valence-electron chi connectivity index (χ4n) is 8.33. The Balaban J connectivity index is 0.00000220. The number of anilines is 2. The van der Waals surface area contributed by atoms with E-state index in [1.165, 1.54) is 28.0 Å². The van der Waals surface area contributed by atoms with Crippen LogP contribution in [0.3, 0.4) is 0 Å². The van der Waals surface area contributed by atoms with Crippen LogP contribution in [-0.4, -0.2) is 104 Å². The molecule has 0 radical (unpaired) electrons. The molecule has 10 rings (SSSR count). The van der Waals surface area contributed by atoms with E-state index in [0.29, 0.717) is 37.8 Å². The highest BCUT2D eigenvalue weighted by molar-refractivity contribution is 7.19. The number of pyridine rings is 2. The Kier molecular flexibility index (Phi) is 10.4. The zero-order valence-electron chi connectivity index (χ0n) is 31.3. The van der Waals surface area contributed by atoms with E-state index in [9.17, 15) is 9.59 Å². The Morgan fingerprint density at radius 2 is 1.12 bits per heavy atom. The molecule has 12 nitrogen and oxygen atoms in total. The average molecular weight is 826 g/mol. The minimum absolute atomic E-state index is 0. The summed E-state index contributed by atoms with van der Waals surface area (Å²) in [6.45, 7) is 12.6. The van der Waals surface area contributed by atoms with E-state index in [2.05, 4.69) is 52.8 Å². The summed E-state index contributed by atoms with van der Waals surface area (Å²) < 4.78 is 37.3. The van der Waals surface area contributed by atoms with E-state index < -0.39 is 11.6 Å². The first-order valence-corrected chi connectivity index (χ1v) is 20.1. The summed E-state index contributed by atoms with van der Waals surface area (Å²) in [6, 6.07) is 6.84. The van der Waals surface area contributed by atoms with Gasteiger partial charge in [-0.1, -0.05) is 25.2 Å². The molecule has 0 N–H and O–H groups in total. The van der Waals surface area contributed by atoms with E-state index in [-0.39, 0.29) is 64.5 Å². The van der Waals surface area contributed by atoms with Gasteiger partial charge in [-0.2, -0.15) is 9.61 Å². The number of piperazine rings is 2. The van der Waals surface area contributed by atoms with Crippen molar-refractivity contribution in [2.24, 2.45) is 0 Å². The molecule has 0 bridgehead atoms. The molecule has 6 aromatic rings. The van der Waals surface area contributed by atoms with E-state index in [1.54, 1.807) is 0 Å². The van der Waals surface area contributed by atoms with Gasteiger partial charge in [-0.15, -0.1) is 35.0 Å². The third-order valence-corrected chi connectivity index (χ3v) is 12.8. The van der Waals surface area contributed by atoms with Crippen LogP contribution in [0, 0.1) is 11.6 Å². The fraction of sp³-hybridized carbons (Fsp3) is 0.462. The molecule has 2 saturated carbocycles. The smallest absolute Gasteiger partial charge is 0.235 e. The second-order valence-electron chi connectivity index (χ2n) is 15.1. The van der Waals surface area contributed by atoms with Crippen LogP contribution in [0.4, 0.5) is 20.2 Å². The SMILES string of the molecule is CCN1CCN(c2cc3c(cc2F)c(=O)c(-c2nn4c(-c5cn(C6CC6)c6cc(N7CCN(CC)CC7)c(F)cc6c5=O)nnc4s2)cn3C2CC2)CC1.Cl.Cl. The summed E-state index contributed by atoms with van der Waals surface area (Å²) >= 11 is 1.20. The average Bonchev–Trinajstić information content (AvgIpc) is 4.13. The standard InChI is InChI=1S/C39H42F2N10O2S.2ClH/c1-3-45-9-13-47(14-10-45)33-19-31-25(17-29(33)40)35(52)27(21-49(31)23-5-6-23)37-42-43-39-51(37)44-38(54-39)28-22-50(24-7-8-24)32-20-34(30(41)18-26(32)36(28)53)48-15-11-46(4-2)12-16-48;;/h17-24H,3-16H2,1-2H3;2*1H. The molecule has 4 aromatic heterocycles. The van der Waals surface area contributed by atoms with Crippen molar-refractivity contribution < 1.29 is 8.78 Å². The molecule has 17 heteroatoms. The van der Waals surface area contributed by atoms with E-state index in [4.69, 9.17) is 5.10 Å². The van der Waals surface area contributed by atoms with Gasteiger partial charge in [0.25, 0.3) is 0 Å². The first kappa shape index (κ1) is 38.7. The lowest BCUT2D eigenvalue weighted by Crippen LogP contribution is -2.46. The topological polar surface area (TPSA) is 100 Å². The summed E-state index contributed by atoms with van der Waals surface area (Å²) in [4.78, 5) is 37.6. The van der Waals surface area contributed by atoms with Gasteiger partial charge in [0, 0.05) is 87.6 Å². The fourth-order valence-corrected chi connectivity index (χ4v) is 9.17. The molecule has 4 fully saturated rings. The van der Waals surface area contributed by atoms with Gasteiger partial charge in [0.1, 0.15) is 11.6 Å². The molecule has 0 unspecified atom stereocenters. The Labute approximate surface area is 338 Å². The Morgan fingerprint density at radius 1 is 0.661 bits per heavy atom. The Bertz CT molecular complexity index is 2590. The molecule has 296 valence electrons. The molecule has 2 aliphatic carbocycles. The molecule has 4 aliphatic rings. The maximum Gasteiger partial charge on any atom is 0.235 e. The predicted octanol–water partition coefficient (Wildman–Crippen LogP) is 6.23. The molecule has 56 heavy (non-hydrogen) atoms. The zero-order valence-corrected chi connectivity index (χ0v) is 33.7. The van der Waals surface area contributed by atoms with Gasteiger partial charge in [-0.3, -0.25) is 9.59 Å². The van der Waals surface area contributed by atoms with Crippen LogP contribution in [0.15, 0.2) is 46.2 Å². The number of nitrogens with zero attached hydrogens (tertiary/aromatic N) is 10. The third kappa shape index (κ3) is 6.54. The van der Waals surface area contributed by atoms with Crippen molar-refractivity contribution in [2.75, 3.05) is 75.2 Å². The van der Waals surface area contributed by atoms with Gasteiger partial charge in [-0.05, 0) is 63.0 Å². The monoisotopic (exact) mass is 824 g/mol. The van der Waals surface area contributed by atoms with Crippen molar-refractivity contribution in [3.8, 4) is 22.0 Å². The van der Waals surface area contributed by atoms with Gasteiger partial charge in [0.05, 0.1) is 33.5 Å². The van der Waals surface area contributed by atoms with E-state index in [0.717, 1.165) is 96.6 Å². The van der Waals surface area contributed by atoms with E-state index in [1.807, 2.05) is 24.5 Å². The third-order valence-electron chi connectivity index (χ3n) is 11.9. The first-order valence-electron chi connectivity index (χ1n) is 19.2. The van der Waals surface area contributed by atoms with Gasteiger partial charge in [0.15, 0.2) is 16.3 Å². The molecule has 0 atom stereocenters. The highest BCUT2D eigenvalue weighted by Gasteiger charge is 2.31. The van der Waals surface area contributed by atoms with Crippen molar-refractivity contribution in [1.82, 2.24) is 38.7 Å². The Morgan fingerprint density at radius 3 is 1.59 bits per heavy atom. The number of halogens is 4. The minimum atomic E-state index is -0.419. The molecule has 2 aliphatic heterocycles. The quantitative estimate of drug-likeness (QED) is 0.177. The highest BCUT2D eigenvalue weighted by atomic mass is 35.5. The predicted molar refractivity (Wildman–Crippen MR) is 223 cm³/mol. The second kappa shape index (κ2) is 15.0. The van der Waals surface area contributed by atoms with Crippen LogP contribution in [0.1, 0.15) is 51.6 Å². The molecule has 0 spiro atoms. The second-order valence-corrected chi connectivity index (χ2v) is 16.1. The Hall–Kier alpha value is -4.15. The van der Waals surface area contributed by atoms with Crippen LogP contribution in [0.25, 0.3) is 48.7 Å². The van der Waals surface area contributed by atoms with Gasteiger partial charge in [-0.25, -0.2) is 8.78 Å². The zero-order chi connectivity index (χ0) is 36.8. The minimum Gasteiger partial charge on any atom is -0.367 e. The lowest BCUT2D eigenvalue weighted by atomic mass is 10.1. The lowest BCUT2D eigenvalue weighted by Gasteiger charge is -2.35. The van der Waals surface area contributed by atoms with Gasteiger partial charge < -0.3 is 28.7 Å². The van der Waals surface area contributed by atoms with Crippen molar-refractivity contribution in [3.63, 3.8) is 0 Å². The highest BCUT2D eigenvalue weighted by Crippen LogP contribution is 2.41. The number of hydrogen-bond donors (Lipinski definition) is 0. The van der Waals surface area contributed by atoms with Crippen LogP contribution < -0.4 is 20.7 Å². The summed E-state index contributed by atoms with van der Waals surface area (Å²) in [5.41, 5.74) is 2.44. The molecular weight excluding hydrogens is 781 g/mol. The molecule has 2 aromatic carbocycles. The number of fused-ring (bicyclic) bond motifs is 3. The summed E-state index contributed by atoms with van der Waals surface area (Å²) in [6.07, 6.45) is 7.53. The van der Waals surface area contributed by atoms with Gasteiger partial charge in [0.2, 0.25) is 10.4 Å². The number of likely N-dealkylation sites (N-methyl/N-ethyl adjacent to an activating group) is 2. The summed E-state index contributed by atoms with van der Waals surface area (Å²) in [5.74, 6) is -0.594. The van der Waals surface area contributed by atoms with Crippen molar-refractivity contribution in [2.45, 2.75) is 51.6 Å². The van der Waals surface area contributed by atoms with Crippen molar-refractivity contribution >= 4 is 74.3 Å². The van der Waals surface area contributed by atoms with E-state index >= 15 is 8.78 Å². The number of rotatable bonds is 8. The maximum absolute atomic E-state index is 15.8. The largest absolute Gasteiger partial charge is 0.367 e. The number of benzene rings is 2. The molecule has 2 saturated heterocycles. The van der Waals surface area contributed by atoms with Gasteiger partial charge >= 0.3 is 0 Å². The van der Waals surface area contributed by atoms with Crippen LogP contribution in [0.5, 0.6) is 0 Å². The summed E-state index contributed by atoms with van der Waals surface area (Å²) in [5, 5.41) is 14.6. The van der Waals surface area contributed by atoms with Crippen LogP contribution in [0.2, 0.25) is 0 Å². The molecular formula is C39H44Cl2F2N10O2S. The maximum atomic E-state index is 15.8. The van der Waals surface area contributed by atoms with Crippen LogP contribution in [-0.2, 0) is 0 Å². The molecule has 6 heterocycles. The normalized spacial score (nSPS) is 18.2. The van der Waals surface area contributed by atoms with Crippen molar-refractivity contribution in [1.29, 1.82) is 0 Å². The number of aromatic nitrogens is 6. The van der Waals surface area contributed by atoms with Crippen LogP contribution >= 0.6 is 36.2 Å². The molecule has 0 amide bonds.